The van der Waals surface area contributed by atoms with Crippen LogP contribution < -0.4 is 4.74 Å². The van der Waals surface area contributed by atoms with Crippen molar-refractivity contribution in [1.82, 2.24) is 19.9 Å². The lowest BCUT2D eigenvalue weighted by Gasteiger charge is -2.16. The van der Waals surface area contributed by atoms with Crippen LogP contribution in [0.2, 0.25) is 0 Å². The van der Waals surface area contributed by atoms with Gasteiger partial charge in [-0.2, -0.15) is 0 Å². The lowest BCUT2D eigenvalue weighted by atomic mass is 10.1. The van der Waals surface area contributed by atoms with Gasteiger partial charge in [-0.3, -0.25) is 4.79 Å². The molecule has 3 heterocycles. The molecule has 1 saturated heterocycles. The summed E-state index contributed by atoms with van der Waals surface area (Å²) >= 11 is 0. The predicted molar refractivity (Wildman–Crippen MR) is 99.6 cm³/mol. The smallest absolute Gasteiger partial charge is 0.256 e. The molecule has 1 unspecified atom stereocenters. The minimum Gasteiger partial charge on any atom is -0.497 e. The summed E-state index contributed by atoms with van der Waals surface area (Å²) in [5.41, 5.74) is 3.56. The minimum absolute atomic E-state index is 0.0383. The number of amides is 1. The fraction of sp³-hybridized carbons (Fsp3) is 0.350. The van der Waals surface area contributed by atoms with Crippen molar-refractivity contribution in [2.45, 2.75) is 26.2 Å². The zero-order chi connectivity index (χ0) is 18.3. The molecular weight excluding hydrogens is 328 g/mol. The Bertz CT molecular complexity index is 959. The number of aryl methyl sites for hydroxylation is 2. The summed E-state index contributed by atoms with van der Waals surface area (Å²) in [6.07, 6.45) is 2.67. The van der Waals surface area contributed by atoms with E-state index in [0.29, 0.717) is 12.1 Å². The fourth-order valence-electron chi connectivity index (χ4n) is 3.67. The Morgan fingerprint density at radius 3 is 2.73 bits per heavy atom. The van der Waals surface area contributed by atoms with Gasteiger partial charge in [-0.25, -0.2) is 9.97 Å². The number of H-pyrrole nitrogens is 1. The summed E-state index contributed by atoms with van der Waals surface area (Å²) in [4.78, 5) is 27.3. The van der Waals surface area contributed by atoms with Gasteiger partial charge in [-0.1, -0.05) is 0 Å². The first-order chi connectivity index (χ1) is 12.5. The summed E-state index contributed by atoms with van der Waals surface area (Å²) < 4.78 is 5.29. The number of likely N-dealkylation sites (tertiary alicyclic amines) is 1. The van der Waals surface area contributed by atoms with Crippen LogP contribution in [0.1, 0.15) is 39.9 Å². The maximum absolute atomic E-state index is 13.1. The van der Waals surface area contributed by atoms with Gasteiger partial charge in [0.2, 0.25) is 0 Å². The summed E-state index contributed by atoms with van der Waals surface area (Å²) in [7, 11) is 1.63. The molecule has 1 fully saturated rings. The number of fused-ring (bicyclic) bond motifs is 1. The molecule has 134 valence electrons. The van der Waals surface area contributed by atoms with E-state index in [2.05, 4.69) is 15.0 Å². The average Bonchev–Trinajstić information content (AvgIpc) is 3.27. The maximum atomic E-state index is 13.1. The number of aromatic nitrogens is 3. The molecule has 2 aromatic heterocycles. The average molecular weight is 350 g/mol. The highest BCUT2D eigenvalue weighted by Crippen LogP contribution is 2.29. The van der Waals surface area contributed by atoms with Gasteiger partial charge >= 0.3 is 0 Å². The monoisotopic (exact) mass is 350 g/mol. The second-order valence-electron chi connectivity index (χ2n) is 6.86. The molecule has 4 rings (SSSR count). The van der Waals surface area contributed by atoms with E-state index in [1.54, 1.807) is 13.3 Å². The molecule has 1 atom stereocenters. The Kier molecular flexibility index (Phi) is 4.11. The molecule has 0 aliphatic carbocycles. The number of ether oxygens (including phenoxy) is 1. The number of methoxy groups -OCH3 is 1. The standard InChI is InChI=1S/C20H22N4O2/c1-12-8-13(2)23-19(22-12)14-6-7-24(11-14)20(25)17-10-21-18-5-4-15(26-3)9-16(17)18/h4-5,8-10,14,21H,6-7,11H2,1-3H3. The zero-order valence-corrected chi connectivity index (χ0v) is 15.2. The second kappa shape index (κ2) is 6.44. The van der Waals surface area contributed by atoms with E-state index in [4.69, 9.17) is 4.74 Å². The van der Waals surface area contributed by atoms with Gasteiger partial charge < -0.3 is 14.6 Å². The number of carbonyl (C=O) groups excluding carboxylic acids is 1. The van der Waals surface area contributed by atoms with Gasteiger partial charge in [0.15, 0.2) is 0 Å². The van der Waals surface area contributed by atoms with Crippen molar-refractivity contribution in [3.63, 3.8) is 0 Å². The third-order valence-electron chi connectivity index (χ3n) is 4.96. The van der Waals surface area contributed by atoms with Crippen molar-refractivity contribution in [3.05, 3.63) is 53.2 Å². The summed E-state index contributed by atoms with van der Waals surface area (Å²) in [5.74, 6) is 1.82. The van der Waals surface area contributed by atoms with E-state index in [-0.39, 0.29) is 11.8 Å². The molecule has 1 amide bonds. The SMILES string of the molecule is COc1ccc2[nH]cc(C(=O)N3CCC(c4nc(C)cc(C)n4)C3)c2c1. The van der Waals surface area contributed by atoms with Crippen LogP contribution in [0.5, 0.6) is 5.75 Å². The first kappa shape index (κ1) is 16.6. The van der Waals surface area contributed by atoms with Crippen molar-refractivity contribution in [2.75, 3.05) is 20.2 Å². The van der Waals surface area contributed by atoms with Gasteiger partial charge in [-0.15, -0.1) is 0 Å². The number of nitrogens with one attached hydrogen (secondary N) is 1. The van der Waals surface area contributed by atoms with Gasteiger partial charge in [0, 0.05) is 47.5 Å². The predicted octanol–water partition coefficient (Wildman–Crippen LogP) is 3.21. The summed E-state index contributed by atoms with van der Waals surface area (Å²) in [6, 6.07) is 7.69. The number of benzene rings is 1. The molecule has 1 aliphatic heterocycles. The van der Waals surface area contributed by atoms with E-state index < -0.39 is 0 Å². The second-order valence-corrected chi connectivity index (χ2v) is 6.86. The van der Waals surface area contributed by atoms with Crippen molar-refractivity contribution < 1.29 is 9.53 Å². The highest BCUT2D eigenvalue weighted by Gasteiger charge is 2.31. The highest BCUT2D eigenvalue weighted by molar-refractivity contribution is 6.07. The third kappa shape index (κ3) is 2.92. The Morgan fingerprint density at radius 1 is 1.23 bits per heavy atom. The normalized spacial score (nSPS) is 17.0. The summed E-state index contributed by atoms with van der Waals surface area (Å²) in [5, 5.41) is 0.889. The molecule has 0 spiro atoms. The quantitative estimate of drug-likeness (QED) is 0.787. The molecule has 0 bridgehead atoms. The summed E-state index contributed by atoms with van der Waals surface area (Å²) in [6.45, 7) is 5.33. The molecule has 1 aliphatic rings. The third-order valence-corrected chi connectivity index (χ3v) is 4.96. The molecule has 0 saturated carbocycles. The van der Waals surface area contributed by atoms with E-state index in [1.165, 1.54) is 0 Å². The Labute approximate surface area is 152 Å². The topological polar surface area (TPSA) is 71.1 Å². The highest BCUT2D eigenvalue weighted by atomic mass is 16.5. The van der Waals surface area contributed by atoms with Crippen LogP contribution in [0.4, 0.5) is 0 Å². The van der Waals surface area contributed by atoms with Crippen LogP contribution in [0.15, 0.2) is 30.5 Å². The van der Waals surface area contributed by atoms with Crippen molar-refractivity contribution in [2.24, 2.45) is 0 Å². The van der Waals surface area contributed by atoms with Gasteiger partial charge in [-0.05, 0) is 44.5 Å². The lowest BCUT2D eigenvalue weighted by Crippen LogP contribution is -2.28. The largest absolute Gasteiger partial charge is 0.497 e. The van der Waals surface area contributed by atoms with Crippen LogP contribution in [0, 0.1) is 13.8 Å². The Morgan fingerprint density at radius 2 is 2.00 bits per heavy atom. The first-order valence-corrected chi connectivity index (χ1v) is 8.81. The molecular formula is C20H22N4O2. The molecule has 1 N–H and O–H groups in total. The van der Waals surface area contributed by atoms with E-state index in [1.807, 2.05) is 43.0 Å². The molecule has 6 heteroatoms. The molecule has 0 radical (unpaired) electrons. The lowest BCUT2D eigenvalue weighted by molar-refractivity contribution is 0.0792. The number of hydrogen-bond acceptors (Lipinski definition) is 4. The number of hydrogen-bond donors (Lipinski definition) is 1. The fourth-order valence-corrected chi connectivity index (χ4v) is 3.67. The molecule has 3 aromatic rings. The van der Waals surface area contributed by atoms with E-state index in [9.17, 15) is 4.79 Å². The van der Waals surface area contributed by atoms with Gasteiger partial charge in [0.1, 0.15) is 11.6 Å². The maximum Gasteiger partial charge on any atom is 0.256 e. The Hall–Kier alpha value is -2.89. The van der Waals surface area contributed by atoms with Crippen LogP contribution in [-0.2, 0) is 0 Å². The molecule has 6 nitrogen and oxygen atoms in total. The number of aromatic amines is 1. The van der Waals surface area contributed by atoms with Crippen molar-refractivity contribution in [1.29, 1.82) is 0 Å². The van der Waals surface area contributed by atoms with Crippen LogP contribution in [0.25, 0.3) is 10.9 Å². The minimum atomic E-state index is 0.0383. The van der Waals surface area contributed by atoms with Crippen molar-refractivity contribution in [3.8, 4) is 5.75 Å². The number of rotatable bonds is 3. The van der Waals surface area contributed by atoms with Gasteiger partial charge in [0.05, 0.1) is 12.7 Å². The Balaban J connectivity index is 1.58. The number of nitrogens with zero attached hydrogens (tertiary/aromatic N) is 3. The number of carbonyl (C=O) groups is 1. The van der Waals surface area contributed by atoms with Crippen LogP contribution in [-0.4, -0.2) is 46.0 Å². The first-order valence-electron chi connectivity index (χ1n) is 8.81. The van der Waals surface area contributed by atoms with Crippen LogP contribution in [0.3, 0.4) is 0 Å². The van der Waals surface area contributed by atoms with Crippen LogP contribution >= 0.6 is 0 Å². The molecule has 1 aromatic carbocycles. The van der Waals surface area contributed by atoms with Crippen molar-refractivity contribution >= 4 is 16.8 Å². The van der Waals surface area contributed by atoms with E-state index >= 15 is 0 Å². The zero-order valence-electron chi connectivity index (χ0n) is 15.2. The van der Waals surface area contributed by atoms with E-state index in [0.717, 1.165) is 46.8 Å². The van der Waals surface area contributed by atoms with Gasteiger partial charge in [0.25, 0.3) is 5.91 Å². The molecule has 26 heavy (non-hydrogen) atoms.